The molecule has 2 unspecified atom stereocenters. The fourth-order valence-corrected chi connectivity index (χ4v) is 8.00. The number of β-lactam (4-membered cyclic amide) rings is 1. The summed E-state index contributed by atoms with van der Waals surface area (Å²) in [7, 11) is 7.79. The lowest BCUT2D eigenvalue weighted by atomic mass is 10.0. The van der Waals surface area contributed by atoms with E-state index >= 15 is 0 Å². The molecule has 3 heterocycles. The second-order valence-electron chi connectivity index (χ2n) is 11.5. The number of benzene rings is 3. The summed E-state index contributed by atoms with van der Waals surface area (Å²) >= 11 is 2.89. The van der Waals surface area contributed by atoms with E-state index in [2.05, 4.69) is 5.32 Å². The van der Waals surface area contributed by atoms with Gasteiger partial charge in [-0.1, -0.05) is 42.1 Å². The van der Waals surface area contributed by atoms with Gasteiger partial charge in [-0.05, 0) is 42.0 Å². The number of fused-ring (bicyclic) bond motifs is 3. The summed E-state index contributed by atoms with van der Waals surface area (Å²) in [6, 6.07) is 19.9. The largest absolute Gasteiger partial charge is 0.477 e. The van der Waals surface area contributed by atoms with Gasteiger partial charge in [0.05, 0.1) is 17.8 Å². The highest BCUT2D eigenvalue weighted by molar-refractivity contribution is 8.00. The summed E-state index contributed by atoms with van der Waals surface area (Å²) in [5, 5.41) is 12.3. The number of nitrogens with one attached hydrogen (secondary N) is 1. The summed E-state index contributed by atoms with van der Waals surface area (Å²) in [4.78, 5) is 60.4. The summed E-state index contributed by atoms with van der Waals surface area (Å²) in [5.41, 5.74) is 4.17. The molecule has 3 aliphatic heterocycles. The molecule has 46 heavy (non-hydrogen) atoms. The van der Waals surface area contributed by atoms with E-state index in [9.17, 15) is 24.3 Å². The van der Waals surface area contributed by atoms with E-state index in [1.807, 2.05) is 105 Å². The van der Waals surface area contributed by atoms with Gasteiger partial charge < -0.3 is 25.0 Å². The molecule has 3 amide bonds. The molecule has 11 nitrogen and oxygen atoms in total. The minimum atomic E-state index is -1.30. The number of aliphatic carboxylic acids is 1. The van der Waals surface area contributed by atoms with Gasteiger partial charge in [-0.15, -0.1) is 11.8 Å². The van der Waals surface area contributed by atoms with Crippen LogP contribution in [0.1, 0.15) is 5.56 Å². The van der Waals surface area contributed by atoms with E-state index in [0.29, 0.717) is 16.9 Å². The number of hydrogen-bond donors (Lipinski definition) is 2. The summed E-state index contributed by atoms with van der Waals surface area (Å²) in [6.45, 7) is -0.311. The molecule has 238 valence electrons. The zero-order valence-corrected chi connectivity index (χ0v) is 27.4. The van der Waals surface area contributed by atoms with Gasteiger partial charge in [0.1, 0.15) is 23.7 Å². The quantitative estimate of drug-likeness (QED) is 0.334. The van der Waals surface area contributed by atoms with Crippen molar-refractivity contribution >= 4 is 70.2 Å². The van der Waals surface area contributed by atoms with Crippen LogP contribution in [0.3, 0.4) is 0 Å². The van der Waals surface area contributed by atoms with Gasteiger partial charge >= 0.3 is 12.1 Å². The van der Waals surface area contributed by atoms with Gasteiger partial charge in [0.2, 0.25) is 5.91 Å². The highest BCUT2D eigenvalue weighted by Crippen LogP contribution is 2.50. The summed E-state index contributed by atoms with van der Waals surface area (Å²) in [5.74, 6) is -1.91. The molecule has 1 fully saturated rings. The van der Waals surface area contributed by atoms with Crippen LogP contribution in [0.2, 0.25) is 0 Å². The zero-order valence-electron chi connectivity index (χ0n) is 25.7. The third-order valence-corrected chi connectivity index (χ3v) is 10.4. The molecular formula is C33H33N5O6S2. The molecule has 3 aromatic rings. The molecule has 0 aromatic heterocycles. The Kier molecular flexibility index (Phi) is 8.62. The van der Waals surface area contributed by atoms with Crippen molar-refractivity contribution in [1.29, 1.82) is 0 Å². The van der Waals surface area contributed by atoms with Gasteiger partial charge in [0, 0.05) is 60.7 Å². The van der Waals surface area contributed by atoms with E-state index < -0.39 is 29.4 Å². The number of rotatable bonds is 8. The van der Waals surface area contributed by atoms with E-state index in [1.165, 1.54) is 21.6 Å². The van der Waals surface area contributed by atoms with Crippen molar-refractivity contribution in [3.05, 3.63) is 83.6 Å². The molecule has 0 spiro atoms. The average Bonchev–Trinajstić information content (AvgIpc) is 3.04. The number of carbonyl (C=O) groups is 4. The van der Waals surface area contributed by atoms with E-state index in [4.69, 9.17) is 4.74 Å². The van der Waals surface area contributed by atoms with Crippen molar-refractivity contribution < 1.29 is 29.0 Å². The van der Waals surface area contributed by atoms with Crippen molar-refractivity contribution in [2.75, 3.05) is 55.3 Å². The zero-order chi connectivity index (χ0) is 32.7. The Bertz CT molecular complexity index is 1700. The maximum absolute atomic E-state index is 13.8. The number of amides is 3. The van der Waals surface area contributed by atoms with Crippen molar-refractivity contribution in [3.8, 4) is 0 Å². The van der Waals surface area contributed by atoms with E-state index in [-0.39, 0.29) is 30.4 Å². The minimum absolute atomic E-state index is 0.110. The first-order chi connectivity index (χ1) is 22.0. The van der Waals surface area contributed by atoms with Crippen LogP contribution >= 0.6 is 23.5 Å². The van der Waals surface area contributed by atoms with Gasteiger partial charge in [0.25, 0.3) is 5.91 Å². The highest BCUT2D eigenvalue weighted by Gasteiger charge is 2.54. The Morgan fingerprint density at radius 1 is 0.935 bits per heavy atom. The number of hydrogen-bond acceptors (Lipinski definition) is 9. The maximum atomic E-state index is 13.8. The molecule has 0 saturated carbocycles. The summed E-state index contributed by atoms with van der Waals surface area (Å²) < 4.78 is 5.79. The number of nitrogens with zero attached hydrogens (tertiary/aromatic N) is 4. The normalized spacial score (nSPS) is 18.1. The molecule has 2 atom stereocenters. The predicted octanol–water partition coefficient (Wildman–Crippen LogP) is 4.54. The molecule has 0 aliphatic carbocycles. The highest BCUT2D eigenvalue weighted by atomic mass is 32.2. The van der Waals surface area contributed by atoms with Gasteiger partial charge in [-0.3, -0.25) is 14.5 Å². The molecular weight excluding hydrogens is 627 g/mol. The lowest BCUT2D eigenvalue weighted by Gasteiger charge is -2.49. The molecule has 13 heteroatoms. The first-order valence-corrected chi connectivity index (χ1v) is 16.4. The van der Waals surface area contributed by atoms with Gasteiger partial charge in [-0.2, -0.15) is 0 Å². The van der Waals surface area contributed by atoms with Crippen molar-refractivity contribution in [3.63, 3.8) is 0 Å². The average molecular weight is 660 g/mol. The minimum Gasteiger partial charge on any atom is -0.477 e. The molecule has 1 saturated heterocycles. The number of carboxylic acid groups (broad SMARTS) is 1. The van der Waals surface area contributed by atoms with Crippen molar-refractivity contribution in [1.82, 2.24) is 10.2 Å². The van der Waals surface area contributed by atoms with Crippen LogP contribution in [0.25, 0.3) is 0 Å². The lowest BCUT2D eigenvalue weighted by molar-refractivity contribution is -0.150. The number of carboxylic acids is 1. The smallest absolute Gasteiger partial charge is 0.419 e. The van der Waals surface area contributed by atoms with Crippen LogP contribution in [0, 0.1) is 0 Å². The second-order valence-corrected chi connectivity index (χ2v) is 13.6. The van der Waals surface area contributed by atoms with Crippen LogP contribution < -0.4 is 20.0 Å². The number of thioether (sulfide) groups is 1. The standard InChI is InChI=1S/C33H33N5O6S2/c1-35(2)21-10-12-23-25(15-21)46-26-16-22(36(3)4)11-13-24(26)37(23)33(43)44-17-20-18-45-31-28(30(40)38(31)29(20)32(41)42)34-27(39)14-19-8-6-5-7-9-19/h5-13,15-16,28,31H,14,17-18H2,1-4H3,(H,34,39)(H,41,42). The van der Waals surface area contributed by atoms with Gasteiger partial charge in [-0.25, -0.2) is 14.5 Å². The monoisotopic (exact) mass is 659 g/mol. The van der Waals surface area contributed by atoms with Crippen molar-refractivity contribution in [2.45, 2.75) is 27.6 Å². The molecule has 6 rings (SSSR count). The van der Waals surface area contributed by atoms with Crippen molar-refractivity contribution in [2.24, 2.45) is 0 Å². The Balaban J connectivity index is 1.21. The third kappa shape index (κ3) is 5.87. The fraction of sp³-hybridized carbons (Fsp3) is 0.273. The van der Waals surface area contributed by atoms with Crippen LogP contribution in [0.4, 0.5) is 27.5 Å². The molecule has 3 aromatic carbocycles. The van der Waals surface area contributed by atoms with Crippen LogP contribution in [-0.4, -0.2) is 85.8 Å². The Hall–Kier alpha value is -4.62. The van der Waals surface area contributed by atoms with E-state index in [1.54, 1.807) is 11.8 Å². The first kappa shape index (κ1) is 31.4. The number of ether oxygens (including phenoxy) is 1. The third-order valence-electron chi connectivity index (χ3n) is 7.95. The Morgan fingerprint density at radius 3 is 2.11 bits per heavy atom. The maximum Gasteiger partial charge on any atom is 0.419 e. The van der Waals surface area contributed by atoms with Crippen LogP contribution in [-0.2, 0) is 25.5 Å². The number of anilines is 4. The Morgan fingerprint density at radius 2 is 1.54 bits per heavy atom. The lowest BCUT2D eigenvalue weighted by Crippen LogP contribution is -2.70. The second kappa shape index (κ2) is 12.6. The predicted molar refractivity (Wildman–Crippen MR) is 179 cm³/mol. The van der Waals surface area contributed by atoms with E-state index in [0.717, 1.165) is 26.7 Å². The molecule has 0 bridgehead atoms. The molecule has 0 radical (unpaired) electrons. The molecule has 2 N–H and O–H groups in total. The summed E-state index contributed by atoms with van der Waals surface area (Å²) in [6.07, 6.45) is -0.553. The SMILES string of the molecule is CN(C)c1ccc2c(c1)Sc1cc(N(C)C)ccc1N2C(=O)OCC1=C(C(=O)O)N2C(=O)C(NC(=O)Cc3ccccc3)C2SC1. The van der Waals surface area contributed by atoms with Gasteiger partial charge in [0.15, 0.2) is 0 Å². The molecule has 3 aliphatic rings. The topological polar surface area (TPSA) is 123 Å². The first-order valence-electron chi connectivity index (χ1n) is 14.5. The number of carbonyl (C=O) groups excluding carboxylic acids is 3. The van der Waals surface area contributed by atoms with Crippen LogP contribution in [0.15, 0.2) is 87.8 Å². The Labute approximate surface area is 275 Å². The fourth-order valence-electron chi connectivity index (χ4n) is 5.55. The van der Waals surface area contributed by atoms with Crippen LogP contribution in [0.5, 0.6) is 0 Å².